The van der Waals surface area contributed by atoms with E-state index in [4.69, 9.17) is 0 Å². The third kappa shape index (κ3) is 2.78. The first-order chi connectivity index (χ1) is 11.3. The Morgan fingerprint density at radius 1 is 1.25 bits per heavy atom. The number of benzene rings is 1. The molecule has 3 aromatic rings. The van der Waals surface area contributed by atoms with Crippen LogP contribution in [0.1, 0.15) is 21.7 Å². The number of halogens is 3. The average Bonchev–Trinajstić information content (AvgIpc) is 2.98. The lowest BCUT2D eigenvalue weighted by Gasteiger charge is -2.14. The molecule has 124 valence electrons. The quantitative estimate of drug-likeness (QED) is 0.770. The standard InChI is InChI=1S/C15H10F3N3O2S/c1-8-19-13-10(6-7-24-13)14(23)21(8)20-12(22)9-4-2-3-5-11(9)15(16,17)18/h2-7H,1H3,(H,20,22). The molecule has 5 nitrogen and oxygen atoms in total. The first-order valence-electron chi connectivity index (χ1n) is 6.73. The summed E-state index contributed by atoms with van der Waals surface area (Å²) in [6.07, 6.45) is -4.68. The molecule has 0 atom stereocenters. The molecule has 0 spiro atoms. The van der Waals surface area contributed by atoms with Crippen LogP contribution in [0.5, 0.6) is 0 Å². The Balaban J connectivity index is 2.04. The predicted molar refractivity (Wildman–Crippen MR) is 83.8 cm³/mol. The van der Waals surface area contributed by atoms with Crippen LogP contribution in [0.3, 0.4) is 0 Å². The van der Waals surface area contributed by atoms with Crippen molar-refractivity contribution in [2.45, 2.75) is 13.1 Å². The van der Waals surface area contributed by atoms with Crippen molar-refractivity contribution in [3.05, 3.63) is 63.0 Å². The summed E-state index contributed by atoms with van der Waals surface area (Å²) in [6.45, 7) is 1.48. The molecule has 0 aliphatic carbocycles. The number of carbonyl (C=O) groups excluding carboxylic acids is 1. The molecule has 2 heterocycles. The molecule has 9 heteroatoms. The van der Waals surface area contributed by atoms with Crippen LogP contribution in [0, 0.1) is 6.92 Å². The smallest absolute Gasteiger partial charge is 0.267 e. The molecule has 2 aromatic heterocycles. The van der Waals surface area contributed by atoms with Gasteiger partial charge in [0.15, 0.2) is 0 Å². The minimum absolute atomic E-state index is 0.174. The Kier molecular flexibility index (Phi) is 3.88. The summed E-state index contributed by atoms with van der Waals surface area (Å²) in [5.41, 5.74) is 0.0124. The van der Waals surface area contributed by atoms with Gasteiger partial charge in [0.2, 0.25) is 0 Å². The second-order valence-electron chi connectivity index (χ2n) is 4.92. The van der Waals surface area contributed by atoms with E-state index >= 15 is 0 Å². The number of nitrogens with zero attached hydrogens (tertiary/aromatic N) is 2. The van der Waals surface area contributed by atoms with Crippen molar-refractivity contribution >= 4 is 27.5 Å². The van der Waals surface area contributed by atoms with E-state index in [-0.39, 0.29) is 11.2 Å². The van der Waals surface area contributed by atoms with Crippen LogP contribution in [-0.2, 0) is 6.18 Å². The Hall–Kier alpha value is -2.68. The molecule has 0 radical (unpaired) electrons. The van der Waals surface area contributed by atoms with Gasteiger partial charge in [0.25, 0.3) is 11.5 Å². The van der Waals surface area contributed by atoms with Gasteiger partial charge in [-0.2, -0.15) is 13.2 Å². The second-order valence-corrected chi connectivity index (χ2v) is 5.82. The highest BCUT2D eigenvalue weighted by Gasteiger charge is 2.35. The van der Waals surface area contributed by atoms with Crippen molar-refractivity contribution < 1.29 is 18.0 Å². The number of amides is 1. The summed E-state index contributed by atoms with van der Waals surface area (Å²) in [6, 6.07) is 5.91. The average molecular weight is 353 g/mol. The zero-order chi connectivity index (χ0) is 17.5. The van der Waals surface area contributed by atoms with Gasteiger partial charge in [0.1, 0.15) is 10.7 Å². The summed E-state index contributed by atoms with van der Waals surface area (Å²) < 4.78 is 39.9. The van der Waals surface area contributed by atoms with Gasteiger partial charge in [0, 0.05) is 0 Å². The summed E-state index contributed by atoms with van der Waals surface area (Å²) in [5.74, 6) is -0.864. The van der Waals surface area contributed by atoms with Crippen molar-refractivity contribution in [1.29, 1.82) is 0 Å². The van der Waals surface area contributed by atoms with Gasteiger partial charge in [-0.05, 0) is 30.5 Å². The monoisotopic (exact) mass is 353 g/mol. The fourth-order valence-electron chi connectivity index (χ4n) is 2.24. The maximum atomic E-state index is 13.0. The Morgan fingerprint density at radius 2 is 1.96 bits per heavy atom. The highest BCUT2D eigenvalue weighted by molar-refractivity contribution is 7.16. The van der Waals surface area contributed by atoms with Crippen molar-refractivity contribution in [1.82, 2.24) is 9.66 Å². The fraction of sp³-hybridized carbons (Fsp3) is 0.133. The third-order valence-corrected chi connectivity index (χ3v) is 4.16. The minimum Gasteiger partial charge on any atom is -0.267 e. The Morgan fingerprint density at radius 3 is 2.67 bits per heavy atom. The number of rotatable bonds is 2. The number of thiophene rings is 1. The first-order valence-corrected chi connectivity index (χ1v) is 7.61. The van der Waals surface area contributed by atoms with Crippen LogP contribution in [0.15, 0.2) is 40.5 Å². The molecular weight excluding hydrogens is 343 g/mol. The number of aryl methyl sites for hydroxylation is 1. The molecule has 0 bridgehead atoms. The molecular formula is C15H10F3N3O2S. The van der Waals surface area contributed by atoms with Crippen molar-refractivity contribution in [2.75, 3.05) is 5.43 Å². The van der Waals surface area contributed by atoms with Crippen LogP contribution in [0.4, 0.5) is 13.2 Å². The number of nitrogens with one attached hydrogen (secondary N) is 1. The largest absolute Gasteiger partial charge is 0.417 e. The normalized spacial score (nSPS) is 11.7. The van der Waals surface area contributed by atoms with Gasteiger partial charge in [-0.1, -0.05) is 12.1 Å². The summed E-state index contributed by atoms with van der Waals surface area (Å²) in [7, 11) is 0. The Bertz CT molecular complexity index is 992. The van der Waals surface area contributed by atoms with E-state index in [1.165, 1.54) is 30.4 Å². The number of fused-ring (bicyclic) bond motifs is 1. The van der Waals surface area contributed by atoms with Crippen LogP contribution >= 0.6 is 11.3 Å². The topological polar surface area (TPSA) is 64.0 Å². The Labute approximate surface area is 137 Å². The van der Waals surface area contributed by atoms with Crippen LogP contribution in [0.25, 0.3) is 10.2 Å². The molecule has 0 fully saturated rings. The summed E-state index contributed by atoms with van der Waals surface area (Å²) in [5, 5.41) is 1.96. The van der Waals surface area contributed by atoms with Gasteiger partial charge in [-0.3, -0.25) is 15.0 Å². The van der Waals surface area contributed by atoms with E-state index in [2.05, 4.69) is 10.4 Å². The lowest BCUT2D eigenvalue weighted by molar-refractivity contribution is -0.137. The summed E-state index contributed by atoms with van der Waals surface area (Å²) in [4.78, 5) is 29.3. The van der Waals surface area contributed by atoms with Gasteiger partial charge in [0.05, 0.1) is 16.5 Å². The second kappa shape index (κ2) is 5.75. The number of alkyl halides is 3. The molecule has 0 saturated heterocycles. The molecule has 24 heavy (non-hydrogen) atoms. The van der Waals surface area contributed by atoms with Crippen LogP contribution < -0.4 is 11.0 Å². The number of hydrogen-bond donors (Lipinski definition) is 1. The highest BCUT2D eigenvalue weighted by atomic mass is 32.1. The number of aromatic nitrogens is 2. The molecule has 0 saturated carbocycles. The number of hydrogen-bond acceptors (Lipinski definition) is 4. The van der Waals surface area contributed by atoms with Crippen LogP contribution in [-0.4, -0.2) is 15.6 Å². The van der Waals surface area contributed by atoms with Gasteiger partial charge in [-0.15, -0.1) is 11.3 Å². The van der Waals surface area contributed by atoms with E-state index in [0.717, 1.165) is 16.8 Å². The predicted octanol–water partition coefficient (Wildman–Crippen LogP) is 3.17. The van der Waals surface area contributed by atoms with E-state index in [0.29, 0.717) is 4.83 Å². The summed E-state index contributed by atoms with van der Waals surface area (Å²) >= 11 is 1.26. The number of carbonyl (C=O) groups is 1. The zero-order valence-electron chi connectivity index (χ0n) is 12.2. The molecule has 1 amide bonds. The lowest BCUT2D eigenvalue weighted by atomic mass is 10.1. The van der Waals surface area contributed by atoms with Crippen molar-refractivity contribution in [2.24, 2.45) is 0 Å². The molecule has 0 aliphatic rings. The van der Waals surface area contributed by atoms with Gasteiger partial charge >= 0.3 is 6.18 Å². The van der Waals surface area contributed by atoms with E-state index in [1.807, 2.05) is 0 Å². The molecule has 3 rings (SSSR count). The maximum absolute atomic E-state index is 13.0. The SMILES string of the molecule is Cc1nc2sccc2c(=O)n1NC(=O)c1ccccc1C(F)(F)F. The first kappa shape index (κ1) is 16.2. The minimum atomic E-state index is -4.68. The van der Waals surface area contributed by atoms with E-state index in [9.17, 15) is 22.8 Å². The van der Waals surface area contributed by atoms with Gasteiger partial charge in [-0.25, -0.2) is 9.66 Å². The van der Waals surface area contributed by atoms with Crippen LogP contribution in [0.2, 0.25) is 0 Å². The zero-order valence-corrected chi connectivity index (χ0v) is 13.0. The van der Waals surface area contributed by atoms with Crippen molar-refractivity contribution in [3.8, 4) is 0 Å². The van der Waals surface area contributed by atoms with E-state index in [1.54, 1.807) is 11.4 Å². The fourth-order valence-corrected chi connectivity index (χ4v) is 3.04. The molecule has 0 unspecified atom stereocenters. The van der Waals surface area contributed by atoms with Gasteiger partial charge < -0.3 is 0 Å². The third-order valence-electron chi connectivity index (χ3n) is 3.36. The lowest BCUT2D eigenvalue weighted by Crippen LogP contribution is -2.36. The molecule has 1 aromatic carbocycles. The van der Waals surface area contributed by atoms with E-state index < -0.39 is 28.8 Å². The maximum Gasteiger partial charge on any atom is 0.417 e. The molecule has 1 N–H and O–H groups in total. The van der Waals surface area contributed by atoms with Crippen molar-refractivity contribution in [3.63, 3.8) is 0 Å². The highest BCUT2D eigenvalue weighted by Crippen LogP contribution is 2.31. The molecule has 0 aliphatic heterocycles.